The Bertz CT molecular complexity index is 1120. The molecule has 4 bridgehead atoms. The summed E-state index contributed by atoms with van der Waals surface area (Å²) in [6.07, 6.45) is 18.3. The van der Waals surface area contributed by atoms with Crippen LogP contribution >= 0.6 is 0 Å². The Morgan fingerprint density at radius 3 is 2.32 bits per heavy atom. The van der Waals surface area contributed by atoms with Crippen molar-refractivity contribution in [2.75, 3.05) is 19.6 Å². The van der Waals surface area contributed by atoms with Gasteiger partial charge < -0.3 is 14.6 Å². The molecule has 2 saturated carbocycles. The maximum Gasteiger partial charge on any atom is 0.304 e. The molecule has 1 N–H and O–H groups in total. The molecule has 4 heterocycles. The number of carboxylic acids is 1. The van der Waals surface area contributed by atoms with Crippen LogP contribution in [0.2, 0.25) is 0 Å². The minimum atomic E-state index is -0.698. The first kappa shape index (κ1) is 25.1. The van der Waals surface area contributed by atoms with E-state index in [4.69, 9.17) is 4.98 Å². The molecular weight excluding hydrogens is 472 g/mol. The van der Waals surface area contributed by atoms with Crippen LogP contribution in [0.25, 0.3) is 11.0 Å². The first-order valence-corrected chi connectivity index (χ1v) is 15.8. The molecule has 6 heteroatoms. The van der Waals surface area contributed by atoms with Crippen LogP contribution in [0, 0.1) is 11.8 Å². The molecule has 2 aliphatic carbocycles. The van der Waals surface area contributed by atoms with E-state index in [1.54, 1.807) is 0 Å². The zero-order chi connectivity index (χ0) is 25.6. The maximum absolute atomic E-state index is 11.1. The van der Waals surface area contributed by atoms with Gasteiger partial charge in [-0.2, -0.15) is 0 Å². The van der Waals surface area contributed by atoms with Crippen molar-refractivity contribution in [1.29, 1.82) is 0 Å². The largest absolute Gasteiger partial charge is 0.481 e. The molecule has 5 aliphatic rings. The predicted molar refractivity (Wildman–Crippen MR) is 150 cm³/mol. The van der Waals surface area contributed by atoms with E-state index in [0.29, 0.717) is 18.5 Å². The fraction of sp³-hybridized carbons (Fsp3) is 0.750. The SMILES string of the molecule is O=C(O)CCN1CCC(c2nc3ccccc3n2C2C[C@H]3CCC[C@@H](C2)N3C2CC3CCCC[C@H](C3)C2)C1. The van der Waals surface area contributed by atoms with Gasteiger partial charge in [0.1, 0.15) is 5.82 Å². The Labute approximate surface area is 227 Å². The normalized spacial score (nSPS) is 36.4. The quantitative estimate of drug-likeness (QED) is 0.492. The van der Waals surface area contributed by atoms with Crippen molar-refractivity contribution in [2.45, 2.75) is 120 Å². The topological polar surface area (TPSA) is 61.6 Å². The molecule has 6 nitrogen and oxygen atoms in total. The van der Waals surface area contributed by atoms with Crippen LogP contribution in [0.1, 0.15) is 108 Å². The smallest absolute Gasteiger partial charge is 0.304 e. The van der Waals surface area contributed by atoms with Crippen molar-refractivity contribution in [3.63, 3.8) is 0 Å². The first-order chi connectivity index (χ1) is 18.6. The molecule has 1 aromatic heterocycles. The van der Waals surface area contributed by atoms with Crippen LogP contribution in [0.15, 0.2) is 24.3 Å². The number of fused-ring (bicyclic) bond motifs is 5. The van der Waals surface area contributed by atoms with E-state index in [-0.39, 0.29) is 6.42 Å². The number of hydrogen-bond donors (Lipinski definition) is 1. The second kappa shape index (κ2) is 10.6. The molecule has 38 heavy (non-hydrogen) atoms. The Morgan fingerprint density at radius 1 is 0.842 bits per heavy atom. The van der Waals surface area contributed by atoms with Crippen molar-refractivity contribution in [3.8, 4) is 0 Å². The number of piperidine rings is 2. The number of carboxylic acid groups (broad SMARTS) is 1. The molecule has 3 saturated heterocycles. The Hall–Kier alpha value is -1.92. The molecule has 5 fully saturated rings. The number of aliphatic carboxylic acids is 1. The van der Waals surface area contributed by atoms with E-state index in [1.807, 2.05) is 0 Å². The van der Waals surface area contributed by atoms with Gasteiger partial charge in [-0.3, -0.25) is 9.69 Å². The highest BCUT2D eigenvalue weighted by Gasteiger charge is 2.45. The zero-order valence-electron chi connectivity index (χ0n) is 23.0. The van der Waals surface area contributed by atoms with Crippen molar-refractivity contribution in [1.82, 2.24) is 19.4 Å². The van der Waals surface area contributed by atoms with Crippen molar-refractivity contribution < 1.29 is 9.90 Å². The van der Waals surface area contributed by atoms with Crippen LogP contribution in [0.3, 0.4) is 0 Å². The second-order valence-corrected chi connectivity index (χ2v) is 13.4. The number of para-hydroxylation sites is 2. The summed E-state index contributed by atoms with van der Waals surface area (Å²) in [5.74, 6) is 2.93. The fourth-order valence-electron chi connectivity index (χ4n) is 9.54. The molecule has 3 aliphatic heterocycles. The molecule has 7 rings (SSSR count). The molecule has 0 spiro atoms. The van der Waals surface area contributed by atoms with E-state index in [0.717, 1.165) is 55.0 Å². The van der Waals surface area contributed by atoms with Gasteiger partial charge in [0.2, 0.25) is 0 Å². The lowest BCUT2D eigenvalue weighted by Gasteiger charge is -2.54. The summed E-state index contributed by atoms with van der Waals surface area (Å²) in [7, 11) is 0. The molecule has 2 aromatic rings. The van der Waals surface area contributed by atoms with Gasteiger partial charge in [-0.1, -0.05) is 44.2 Å². The summed E-state index contributed by atoms with van der Waals surface area (Å²) in [6, 6.07) is 11.6. The van der Waals surface area contributed by atoms with Gasteiger partial charge in [-0.05, 0) is 81.9 Å². The van der Waals surface area contributed by atoms with E-state index in [2.05, 4.69) is 38.6 Å². The lowest BCUT2D eigenvalue weighted by atomic mass is 9.73. The molecular formula is C32H46N4O2. The summed E-state index contributed by atoms with van der Waals surface area (Å²) in [5, 5.41) is 9.17. The lowest BCUT2D eigenvalue weighted by molar-refractivity contribution is -0.137. The Morgan fingerprint density at radius 2 is 1.58 bits per heavy atom. The Kier molecular flexibility index (Phi) is 6.98. The number of benzene rings is 1. The molecule has 4 unspecified atom stereocenters. The average molecular weight is 519 g/mol. The second-order valence-electron chi connectivity index (χ2n) is 13.4. The third-order valence-electron chi connectivity index (χ3n) is 11.0. The van der Waals surface area contributed by atoms with Crippen LogP contribution in [0.4, 0.5) is 0 Å². The van der Waals surface area contributed by atoms with Gasteiger partial charge in [-0.15, -0.1) is 0 Å². The van der Waals surface area contributed by atoms with Crippen molar-refractivity contribution >= 4 is 17.0 Å². The van der Waals surface area contributed by atoms with Crippen LogP contribution in [-0.4, -0.2) is 68.2 Å². The highest BCUT2D eigenvalue weighted by Crippen LogP contribution is 2.48. The number of likely N-dealkylation sites (tertiary alicyclic amines) is 1. The van der Waals surface area contributed by atoms with Crippen LogP contribution in [0.5, 0.6) is 0 Å². The minimum absolute atomic E-state index is 0.230. The maximum atomic E-state index is 11.1. The standard InChI is InChI=1S/C32H46N4O2/c37-31(38)13-15-34-14-12-24(21-34)32-33-29-10-3-4-11-30(29)36(32)28-19-25-8-5-9-26(20-28)35(25)27-17-22-6-1-2-7-23(16-22)18-27/h3-4,10-11,22-28H,1-2,5-9,12-21H2,(H,37,38)/t22-,23?,24?,25-,26+,27?,28?/m1/s1. The number of rotatable bonds is 6. The summed E-state index contributed by atoms with van der Waals surface area (Å²) in [6.45, 7) is 2.57. The Balaban J connectivity index is 1.14. The molecule has 1 aromatic carbocycles. The summed E-state index contributed by atoms with van der Waals surface area (Å²) < 4.78 is 2.67. The first-order valence-electron chi connectivity index (χ1n) is 15.8. The fourth-order valence-corrected chi connectivity index (χ4v) is 9.54. The van der Waals surface area contributed by atoms with Gasteiger partial charge in [0.15, 0.2) is 0 Å². The van der Waals surface area contributed by atoms with Gasteiger partial charge in [0.25, 0.3) is 0 Å². The molecule has 0 amide bonds. The van der Waals surface area contributed by atoms with Crippen molar-refractivity contribution in [3.05, 3.63) is 30.1 Å². The van der Waals surface area contributed by atoms with E-state index in [9.17, 15) is 9.90 Å². The minimum Gasteiger partial charge on any atom is -0.481 e. The number of hydrogen-bond acceptors (Lipinski definition) is 4. The number of aromatic nitrogens is 2. The monoisotopic (exact) mass is 518 g/mol. The third-order valence-corrected chi connectivity index (χ3v) is 11.0. The highest BCUT2D eigenvalue weighted by molar-refractivity contribution is 5.76. The number of nitrogens with zero attached hydrogens (tertiary/aromatic N) is 4. The van der Waals surface area contributed by atoms with Gasteiger partial charge in [0.05, 0.1) is 17.5 Å². The lowest BCUT2D eigenvalue weighted by Crippen LogP contribution is -2.58. The summed E-state index contributed by atoms with van der Waals surface area (Å²) in [4.78, 5) is 21.8. The van der Waals surface area contributed by atoms with Gasteiger partial charge in [-0.25, -0.2) is 4.98 Å². The van der Waals surface area contributed by atoms with E-state index < -0.39 is 5.97 Å². The summed E-state index contributed by atoms with van der Waals surface area (Å²) in [5.41, 5.74) is 2.45. The van der Waals surface area contributed by atoms with Gasteiger partial charge in [0, 0.05) is 43.2 Å². The van der Waals surface area contributed by atoms with Gasteiger partial charge >= 0.3 is 5.97 Å². The van der Waals surface area contributed by atoms with E-state index >= 15 is 0 Å². The number of carbonyl (C=O) groups is 1. The van der Waals surface area contributed by atoms with Crippen LogP contribution in [-0.2, 0) is 4.79 Å². The molecule has 206 valence electrons. The predicted octanol–water partition coefficient (Wildman–Crippen LogP) is 6.22. The third kappa shape index (κ3) is 4.81. The van der Waals surface area contributed by atoms with Crippen molar-refractivity contribution in [2.24, 2.45) is 11.8 Å². The van der Waals surface area contributed by atoms with Crippen LogP contribution < -0.4 is 0 Å². The number of imidazole rings is 1. The van der Waals surface area contributed by atoms with E-state index in [1.165, 1.54) is 88.4 Å². The zero-order valence-corrected chi connectivity index (χ0v) is 23.0. The average Bonchev–Trinajstić information content (AvgIpc) is 3.49. The highest BCUT2D eigenvalue weighted by atomic mass is 16.4. The summed E-state index contributed by atoms with van der Waals surface area (Å²) >= 11 is 0. The molecule has 7 atom stereocenters. The molecule has 0 radical (unpaired) electrons.